The Hall–Kier alpha value is -3.97. The molecule has 174 valence electrons. The third-order valence-corrected chi connectivity index (χ3v) is 5.43. The summed E-state index contributed by atoms with van der Waals surface area (Å²) in [5.41, 5.74) is 4.69. The van der Waals surface area contributed by atoms with E-state index in [-0.39, 0.29) is 17.2 Å². The number of nitrogens with zero attached hydrogens (tertiary/aromatic N) is 1. The Morgan fingerprint density at radius 2 is 1.65 bits per heavy atom. The highest BCUT2D eigenvalue weighted by atomic mass is 35.5. The van der Waals surface area contributed by atoms with E-state index in [0.717, 1.165) is 11.3 Å². The summed E-state index contributed by atoms with van der Waals surface area (Å²) in [6.45, 7) is 2.54. The zero-order valence-corrected chi connectivity index (χ0v) is 19.5. The zero-order chi connectivity index (χ0) is 24.1. The smallest absolute Gasteiger partial charge is 0.282 e. The van der Waals surface area contributed by atoms with E-state index < -0.39 is 11.8 Å². The summed E-state index contributed by atoms with van der Waals surface area (Å²) >= 11 is 6.45. The summed E-state index contributed by atoms with van der Waals surface area (Å²) < 4.78 is 17.0. The number of halogens is 1. The zero-order valence-electron chi connectivity index (χ0n) is 18.7. The first kappa shape index (κ1) is 23.2. The number of methoxy groups -OCH3 is 1. The molecule has 1 aliphatic heterocycles. The number of aryl methyl sites for hydroxylation is 1. The van der Waals surface area contributed by atoms with Crippen LogP contribution in [0.15, 0.2) is 72.3 Å². The molecule has 0 atom stereocenters. The minimum atomic E-state index is -0.502. The number of amides is 2. The van der Waals surface area contributed by atoms with Crippen molar-refractivity contribution in [2.45, 2.75) is 6.92 Å². The van der Waals surface area contributed by atoms with Crippen LogP contribution in [0.1, 0.15) is 11.1 Å². The van der Waals surface area contributed by atoms with Crippen molar-refractivity contribution in [1.29, 1.82) is 0 Å². The molecule has 1 N–H and O–H groups in total. The predicted molar refractivity (Wildman–Crippen MR) is 130 cm³/mol. The SMILES string of the molecule is COc1cc(/C=C2/C(=O)NN(c3ccccc3)C2=O)cc(Cl)c1OCCOc1ccccc1C. The molecule has 8 heteroatoms. The van der Waals surface area contributed by atoms with Gasteiger partial charge in [-0.05, 0) is 54.5 Å². The van der Waals surface area contributed by atoms with E-state index in [0.29, 0.717) is 29.4 Å². The Morgan fingerprint density at radius 3 is 2.38 bits per heavy atom. The van der Waals surface area contributed by atoms with Gasteiger partial charge in [0.25, 0.3) is 11.8 Å². The lowest BCUT2D eigenvalue weighted by molar-refractivity contribution is -0.117. The van der Waals surface area contributed by atoms with E-state index in [9.17, 15) is 9.59 Å². The number of benzene rings is 3. The van der Waals surface area contributed by atoms with Gasteiger partial charge in [-0.1, -0.05) is 48.0 Å². The molecule has 0 aliphatic carbocycles. The van der Waals surface area contributed by atoms with Crippen LogP contribution in [0.2, 0.25) is 5.02 Å². The van der Waals surface area contributed by atoms with Gasteiger partial charge in [-0.25, -0.2) is 5.01 Å². The van der Waals surface area contributed by atoms with Crippen LogP contribution in [-0.4, -0.2) is 32.1 Å². The second-order valence-corrected chi connectivity index (χ2v) is 7.88. The molecule has 4 rings (SSSR count). The van der Waals surface area contributed by atoms with Crippen molar-refractivity contribution >= 4 is 35.2 Å². The molecular formula is C26H23ClN2O5. The number of ether oxygens (including phenoxy) is 3. The van der Waals surface area contributed by atoms with Crippen molar-refractivity contribution in [1.82, 2.24) is 5.43 Å². The largest absolute Gasteiger partial charge is 0.493 e. The second kappa shape index (κ2) is 10.3. The number of para-hydroxylation sites is 2. The van der Waals surface area contributed by atoms with E-state index in [4.69, 9.17) is 25.8 Å². The Kier molecular flexibility index (Phi) is 7.04. The topological polar surface area (TPSA) is 77.1 Å². The number of anilines is 1. The average molecular weight is 479 g/mol. The van der Waals surface area contributed by atoms with Crippen LogP contribution in [0.4, 0.5) is 5.69 Å². The molecule has 1 heterocycles. The fourth-order valence-electron chi connectivity index (χ4n) is 3.46. The Bertz CT molecular complexity index is 1240. The molecule has 3 aromatic rings. The van der Waals surface area contributed by atoms with Crippen LogP contribution >= 0.6 is 11.6 Å². The molecule has 0 aromatic heterocycles. The van der Waals surface area contributed by atoms with E-state index in [1.807, 2.05) is 37.3 Å². The van der Waals surface area contributed by atoms with Crippen LogP contribution in [0.3, 0.4) is 0 Å². The maximum absolute atomic E-state index is 12.8. The van der Waals surface area contributed by atoms with E-state index >= 15 is 0 Å². The van der Waals surface area contributed by atoms with Crippen molar-refractivity contribution in [3.63, 3.8) is 0 Å². The molecule has 1 aliphatic rings. The monoisotopic (exact) mass is 478 g/mol. The maximum Gasteiger partial charge on any atom is 0.282 e. The van der Waals surface area contributed by atoms with Crippen LogP contribution < -0.4 is 24.6 Å². The highest BCUT2D eigenvalue weighted by molar-refractivity contribution is 6.33. The molecule has 0 saturated carbocycles. The standard InChI is InChI=1S/C26H23ClN2O5/c1-17-8-6-7-11-22(17)33-12-13-34-24-21(27)15-18(16-23(24)32-2)14-20-25(30)28-29(26(20)31)19-9-4-3-5-10-19/h3-11,14-16H,12-13H2,1-2H3,(H,28,30)/b20-14-. The second-order valence-electron chi connectivity index (χ2n) is 7.47. The van der Waals surface area contributed by atoms with Gasteiger partial charge in [-0.3, -0.25) is 15.0 Å². The van der Waals surface area contributed by atoms with E-state index in [1.165, 1.54) is 18.2 Å². The van der Waals surface area contributed by atoms with Gasteiger partial charge in [0.2, 0.25) is 0 Å². The van der Waals surface area contributed by atoms with Gasteiger partial charge in [0.15, 0.2) is 11.5 Å². The third-order valence-electron chi connectivity index (χ3n) is 5.15. The summed E-state index contributed by atoms with van der Waals surface area (Å²) in [5.74, 6) is 0.557. The van der Waals surface area contributed by atoms with Crippen molar-refractivity contribution in [3.8, 4) is 17.2 Å². The van der Waals surface area contributed by atoms with Gasteiger partial charge in [-0.2, -0.15) is 0 Å². The lowest BCUT2D eigenvalue weighted by atomic mass is 10.1. The summed E-state index contributed by atoms with van der Waals surface area (Å²) in [5, 5.41) is 1.49. The first-order valence-electron chi connectivity index (χ1n) is 10.6. The number of hydrogen-bond acceptors (Lipinski definition) is 5. The molecule has 34 heavy (non-hydrogen) atoms. The minimum Gasteiger partial charge on any atom is -0.493 e. The highest BCUT2D eigenvalue weighted by Gasteiger charge is 2.34. The Balaban J connectivity index is 1.48. The molecule has 0 spiro atoms. The van der Waals surface area contributed by atoms with Crippen LogP contribution in [0.25, 0.3) is 6.08 Å². The first-order chi connectivity index (χ1) is 16.5. The quantitative estimate of drug-likeness (QED) is 0.291. The van der Waals surface area contributed by atoms with Gasteiger partial charge in [0.05, 0.1) is 17.8 Å². The maximum atomic E-state index is 12.8. The van der Waals surface area contributed by atoms with E-state index in [2.05, 4.69) is 5.43 Å². The first-order valence-corrected chi connectivity index (χ1v) is 11.0. The van der Waals surface area contributed by atoms with Crippen LogP contribution in [-0.2, 0) is 9.59 Å². The number of rotatable bonds is 8. The molecule has 1 saturated heterocycles. The summed E-state index contributed by atoms with van der Waals surface area (Å²) in [7, 11) is 1.49. The number of carbonyl (C=O) groups is 2. The molecule has 0 unspecified atom stereocenters. The number of hydrogen-bond donors (Lipinski definition) is 1. The molecule has 0 bridgehead atoms. The Labute approximate surface area is 202 Å². The van der Waals surface area contributed by atoms with Crippen molar-refractivity contribution in [2.24, 2.45) is 0 Å². The van der Waals surface area contributed by atoms with Gasteiger partial charge < -0.3 is 14.2 Å². The minimum absolute atomic E-state index is 0.0118. The molecule has 1 fully saturated rings. The van der Waals surface area contributed by atoms with Crippen molar-refractivity contribution in [2.75, 3.05) is 25.3 Å². The molecule has 3 aromatic carbocycles. The summed E-state index contributed by atoms with van der Waals surface area (Å²) in [6.07, 6.45) is 1.47. The predicted octanol–water partition coefficient (Wildman–Crippen LogP) is 4.58. The summed E-state index contributed by atoms with van der Waals surface area (Å²) in [6, 6.07) is 19.8. The molecule has 2 amide bonds. The van der Waals surface area contributed by atoms with Gasteiger partial charge >= 0.3 is 0 Å². The third kappa shape index (κ3) is 5.00. The van der Waals surface area contributed by atoms with Crippen molar-refractivity contribution in [3.05, 3.63) is 88.5 Å². The number of nitrogens with one attached hydrogen (secondary N) is 1. The Morgan fingerprint density at radius 1 is 0.941 bits per heavy atom. The van der Waals surface area contributed by atoms with E-state index in [1.54, 1.807) is 36.4 Å². The summed E-state index contributed by atoms with van der Waals surface area (Å²) in [4.78, 5) is 25.3. The fourth-order valence-corrected chi connectivity index (χ4v) is 3.73. The average Bonchev–Trinajstić information content (AvgIpc) is 3.12. The lowest BCUT2D eigenvalue weighted by Gasteiger charge is -2.14. The molecular weight excluding hydrogens is 456 g/mol. The number of hydrazine groups is 1. The molecule has 0 radical (unpaired) electrons. The van der Waals surface area contributed by atoms with Gasteiger partial charge in [0, 0.05) is 0 Å². The van der Waals surface area contributed by atoms with Gasteiger partial charge in [0.1, 0.15) is 24.5 Å². The van der Waals surface area contributed by atoms with Crippen molar-refractivity contribution < 1.29 is 23.8 Å². The van der Waals surface area contributed by atoms with Crippen LogP contribution in [0.5, 0.6) is 17.2 Å². The van der Waals surface area contributed by atoms with Gasteiger partial charge in [-0.15, -0.1) is 0 Å². The molecule has 7 nitrogen and oxygen atoms in total. The normalized spacial score (nSPS) is 14.3. The fraction of sp³-hybridized carbons (Fsp3) is 0.154. The van der Waals surface area contributed by atoms with Crippen LogP contribution in [0, 0.1) is 6.92 Å². The lowest BCUT2D eigenvalue weighted by Crippen LogP contribution is -2.35. The number of carbonyl (C=O) groups excluding carboxylic acids is 2. The highest BCUT2D eigenvalue weighted by Crippen LogP contribution is 2.37.